The van der Waals surface area contributed by atoms with E-state index >= 15 is 0 Å². The Balaban J connectivity index is 1.45. The van der Waals surface area contributed by atoms with Crippen LogP contribution in [-0.2, 0) is 0 Å². The Morgan fingerprint density at radius 3 is 2.41 bits per heavy atom. The molecular weight excluding hydrogens is 364 g/mol. The lowest BCUT2D eigenvalue weighted by molar-refractivity contribution is 0.262. The molecule has 0 bridgehead atoms. The smallest absolute Gasteiger partial charge is 0.323 e. The van der Waals surface area contributed by atoms with E-state index in [0.717, 1.165) is 35.9 Å². The molecule has 0 saturated carbocycles. The third-order valence-corrected chi connectivity index (χ3v) is 4.93. The van der Waals surface area contributed by atoms with Crippen LogP contribution in [0, 0.1) is 0 Å². The van der Waals surface area contributed by atoms with Gasteiger partial charge in [-0.25, -0.2) is 9.78 Å². The number of hydrogen-bond donors (Lipinski definition) is 2. The van der Waals surface area contributed by atoms with Crippen LogP contribution in [0.1, 0.15) is 12.8 Å². The predicted octanol–water partition coefficient (Wildman–Crippen LogP) is 5.00. The molecule has 1 aliphatic rings. The molecule has 1 saturated heterocycles. The molecule has 2 amide bonds. The average Bonchev–Trinajstić information content (AvgIpc) is 3.30. The Labute approximate surface area is 170 Å². The van der Waals surface area contributed by atoms with Crippen LogP contribution in [0.3, 0.4) is 0 Å². The summed E-state index contributed by atoms with van der Waals surface area (Å²) in [6.07, 6.45) is 2.43. The highest BCUT2D eigenvalue weighted by Gasteiger charge is 2.14. The number of pyridine rings is 1. The van der Waals surface area contributed by atoms with Gasteiger partial charge in [-0.15, -0.1) is 0 Å². The molecule has 0 aliphatic carbocycles. The number of urea groups is 1. The topological polar surface area (TPSA) is 66.5 Å². The van der Waals surface area contributed by atoms with Gasteiger partial charge in [0.1, 0.15) is 11.6 Å². The number of nitrogens with zero attached hydrogens (tertiary/aromatic N) is 2. The van der Waals surface area contributed by atoms with Crippen LogP contribution in [0.2, 0.25) is 0 Å². The largest absolute Gasteiger partial charge is 0.497 e. The summed E-state index contributed by atoms with van der Waals surface area (Å²) >= 11 is 0. The number of methoxy groups -OCH3 is 1. The fraction of sp³-hybridized carbons (Fsp3) is 0.217. The number of nitrogens with one attached hydrogen (secondary N) is 2. The van der Waals surface area contributed by atoms with Crippen molar-refractivity contribution in [1.29, 1.82) is 0 Å². The zero-order chi connectivity index (χ0) is 20.1. The van der Waals surface area contributed by atoms with E-state index in [2.05, 4.69) is 21.6 Å². The molecule has 0 atom stereocenters. The number of benzene rings is 2. The molecule has 29 heavy (non-hydrogen) atoms. The second-order valence-corrected chi connectivity index (χ2v) is 6.96. The second kappa shape index (κ2) is 8.65. The number of rotatable bonds is 5. The molecule has 0 unspecified atom stereocenters. The Hall–Kier alpha value is -3.54. The highest BCUT2D eigenvalue weighted by Crippen LogP contribution is 2.25. The average molecular weight is 388 g/mol. The molecule has 2 heterocycles. The van der Waals surface area contributed by atoms with E-state index in [-0.39, 0.29) is 6.03 Å². The van der Waals surface area contributed by atoms with Gasteiger partial charge in [0, 0.05) is 30.0 Å². The van der Waals surface area contributed by atoms with Crippen LogP contribution in [0.15, 0.2) is 66.7 Å². The zero-order valence-corrected chi connectivity index (χ0v) is 16.4. The number of anilines is 3. The molecule has 3 aromatic rings. The van der Waals surface area contributed by atoms with E-state index in [1.165, 1.54) is 12.8 Å². The zero-order valence-electron chi connectivity index (χ0n) is 16.4. The molecule has 6 heteroatoms. The van der Waals surface area contributed by atoms with Gasteiger partial charge in [-0.1, -0.05) is 18.2 Å². The first kappa shape index (κ1) is 18.8. The molecule has 1 aromatic heterocycles. The Bertz CT molecular complexity index is 982. The number of hydrogen-bond acceptors (Lipinski definition) is 4. The summed E-state index contributed by atoms with van der Waals surface area (Å²) in [5, 5.41) is 5.70. The number of carbonyl (C=O) groups excluding carboxylic acids is 1. The van der Waals surface area contributed by atoms with Crippen LogP contribution in [-0.4, -0.2) is 31.2 Å². The van der Waals surface area contributed by atoms with Crippen molar-refractivity contribution in [2.75, 3.05) is 35.7 Å². The fourth-order valence-corrected chi connectivity index (χ4v) is 3.43. The van der Waals surface area contributed by atoms with Crippen molar-refractivity contribution in [3.8, 4) is 17.0 Å². The van der Waals surface area contributed by atoms with Gasteiger partial charge >= 0.3 is 6.03 Å². The first-order chi connectivity index (χ1) is 14.2. The lowest BCUT2D eigenvalue weighted by Gasteiger charge is -2.17. The quantitative estimate of drug-likeness (QED) is 0.645. The van der Waals surface area contributed by atoms with E-state index in [1.807, 2.05) is 36.4 Å². The predicted molar refractivity (Wildman–Crippen MR) is 117 cm³/mol. The van der Waals surface area contributed by atoms with E-state index in [0.29, 0.717) is 11.4 Å². The number of amides is 2. The third kappa shape index (κ3) is 4.66. The van der Waals surface area contributed by atoms with Crippen molar-refractivity contribution in [2.45, 2.75) is 12.8 Å². The maximum absolute atomic E-state index is 12.3. The third-order valence-electron chi connectivity index (χ3n) is 4.93. The minimum atomic E-state index is -0.300. The summed E-state index contributed by atoms with van der Waals surface area (Å²) in [6.45, 7) is 2.12. The van der Waals surface area contributed by atoms with Gasteiger partial charge in [-0.3, -0.25) is 0 Å². The lowest BCUT2D eigenvalue weighted by Crippen LogP contribution is -2.19. The van der Waals surface area contributed by atoms with Crippen molar-refractivity contribution in [3.63, 3.8) is 0 Å². The molecule has 1 fully saturated rings. The molecular formula is C23H24N4O2. The molecule has 4 rings (SSSR count). The van der Waals surface area contributed by atoms with E-state index < -0.39 is 0 Å². The summed E-state index contributed by atoms with van der Waals surface area (Å²) in [5.74, 6) is 1.75. The van der Waals surface area contributed by atoms with E-state index in [1.54, 1.807) is 31.4 Å². The van der Waals surface area contributed by atoms with Crippen molar-refractivity contribution in [2.24, 2.45) is 0 Å². The Morgan fingerprint density at radius 2 is 1.66 bits per heavy atom. The van der Waals surface area contributed by atoms with Crippen LogP contribution in [0.5, 0.6) is 5.75 Å². The maximum atomic E-state index is 12.3. The summed E-state index contributed by atoms with van der Waals surface area (Å²) in [7, 11) is 1.61. The minimum absolute atomic E-state index is 0.300. The van der Waals surface area contributed by atoms with Gasteiger partial charge in [0.25, 0.3) is 0 Å². The molecule has 2 N–H and O–H groups in total. The maximum Gasteiger partial charge on any atom is 0.323 e. The number of carbonyl (C=O) groups is 1. The van der Waals surface area contributed by atoms with Crippen molar-refractivity contribution < 1.29 is 9.53 Å². The van der Waals surface area contributed by atoms with Gasteiger partial charge < -0.3 is 20.3 Å². The fourth-order valence-electron chi connectivity index (χ4n) is 3.43. The summed E-state index contributed by atoms with van der Waals surface area (Å²) in [4.78, 5) is 19.5. The molecule has 6 nitrogen and oxygen atoms in total. The molecule has 0 radical (unpaired) electrons. The van der Waals surface area contributed by atoms with Crippen molar-refractivity contribution in [3.05, 3.63) is 66.7 Å². The van der Waals surface area contributed by atoms with Gasteiger partial charge in [-0.2, -0.15) is 0 Å². The lowest BCUT2D eigenvalue weighted by atomic mass is 10.1. The highest BCUT2D eigenvalue weighted by molar-refractivity contribution is 6.00. The summed E-state index contributed by atoms with van der Waals surface area (Å²) < 4.78 is 5.13. The molecule has 148 valence electrons. The Kier molecular flexibility index (Phi) is 5.61. The van der Waals surface area contributed by atoms with Gasteiger partial charge in [0.05, 0.1) is 12.8 Å². The number of ether oxygens (including phenoxy) is 1. The Morgan fingerprint density at radius 1 is 0.931 bits per heavy atom. The van der Waals surface area contributed by atoms with Crippen LogP contribution >= 0.6 is 0 Å². The van der Waals surface area contributed by atoms with Gasteiger partial charge in [-0.05, 0) is 61.4 Å². The molecule has 1 aliphatic heterocycles. The minimum Gasteiger partial charge on any atom is -0.497 e. The van der Waals surface area contributed by atoms with E-state index in [4.69, 9.17) is 9.72 Å². The summed E-state index contributed by atoms with van der Waals surface area (Å²) in [6, 6.07) is 20.7. The monoisotopic (exact) mass is 388 g/mol. The molecule has 2 aromatic carbocycles. The summed E-state index contributed by atoms with van der Waals surface area (Å²) in [5.41, 5.74) is 3.27. The first-order valence-electron chi connectivity index (χ1n) is 9.76. The molecule has 0 spiro atoms. The first-order valence-corrected chi connectivity index (χ1v) is 9.76. The van der Waals surface area contributed by atoms with Crippen LogP contribution < -0.4 is 20.3 Å². The van der Waals surface area contributed by atoms with Crippen LogP contribution in [0.4, 0.5) is 22.0 Å². The SMILES string of the molecule is COc1ccc(NC(=O)Nc2cccc(-c3cccc(N4CCCC4)n3)c2)cc1. The van der Waals surface area contributed by atoms with Crippen molar-refractivity contribution >= 4 is 23.2 Å². The number of aromatic nitrogens is 1. The van der Waals surface area contributed by atoms with Gasteiger partial charge in [0.15, 0.2) is 0 Å². The van der Waals surface area contributed by atoms with Crippen LogP contribution in [0.25, 0.3) is 11.3 Å². The highest BCUT2D eigenvalue weighted by atomic mass is 16.5. The normalized spacial score (nSPS) is 13.2. The van der Waals surface area contributed by atoms with Crippen molar-refractivity contribution in [1.82, 2.24) is 4.98 Å². The second-order valence-electron chi connectivity index (χ2n) is 6.96. The standard InChI is InChI=1S/C23H24N4O2/c1-29-20-12-10-18(11-13-20)24-23(28)25-19-7-4-6-17(16-19)21-8-5-9-22(26-21)27-14-2-3-15-27/h4-13,16H,2-3,14-15H2,1H3,(H2,24,25,28). The van der Waals surface area contributed by atoms with Gasteiger partial charge in [0.2, 0.25) is 0 Å². The van der Waals surface area contributed by atoms with E-state index in [9.17, 15) is 4.79 Å².